The average Bonchev–Trinajstić information content (AvgIpc) is 2.53. The lowest BCUT2D eigenvalue weighted by atomic mass is 10.2. The zero-order chi connectivity index (χ0) is 19.5. The van der Waals surface area contributed by atoms with Crippen LogP contribution in [0.5, 0.6) is 0 Å². The van der Waals surface area contributed by atoms with Crippen LogP contribution < -0.4 is 0 Å². The standard InChI is InChI=1S/C18H25N3O4S/c1-14-12-20(17(22)25-18(2,3)4)9-10-21(14)26(23,24)13-16-7-5-15(11-19)6-8-16/h5-8,14H,9-10,12-13H2,1-4H3/t14-/m0/s1. The molecule has 1 aromatic rings. The summed E-state index contributed by atoms with van der Waals surface area (Å²) in [5.74, 6) is -0.129. The first-order valence-corrected chi connectivity index (χ1v) is 10.1. The van der Waals surface area contributed by atoms with Gasteiger partial charge >= 0.3 is 6.09 Å². The minimum absolute atomic E-state index is 0.129. The fourth-order valence-corrected chi connectivity index (χ4v) is 4.57. The second-order valence-corrected chi connectivity index (χ2v) is 9.37. The Morgan fingerprint density at radius 3 is 2.38 bits per heavy atom. The van der Waals surface area contributed by atoms with Crippen molar-refractivity contribution >= 4 is 16.1 Å². The van der Waals surface area contributed by atoms with E-state index in [1.165, 1.54) is 4.31 Å². The van der Waals surface area contributed by atoms with Crippen LogP contribution in [0.3, 0.4) is 0 Å². The van der Waals surface area contributed by atoms with Crippen molar-refractivity contribution in [2.45, 2.75) is 45.1 Å². The molecule has 0 spiro atoms. The number of carbonyl (C=O) groups excluding carboxylic acids is 1. The molecule has 1 aliphatic heterocycles. The number of amides is 1. The molecule has 26 heavy (non-hydrogen) atoms. The molecule has 1 saturated heterocycles. The van der Waals surface area contributed by atoms with E-state index in [9.17, 15) is 13.2 Å². The number of sulfonamides is 1. The van der Waals surface area contributed by atoms with Crippen LogP contribution in [0.1, 0.15) is 38.8 Å². The van der Waals surface area contributed by atoms with E-state index in [2.05, 4.69) is 0 Å². The number of rotatable bonds is 3. The Balaban J connectivity index is 2.03. The first kappa shape index (κ1) is 20.2. The highest BCUT2D eigenvalue weighted by Gasteiger charge is 2.35. The molecule has 0 aromatic heterocycles. The summed E-state index contributed by atoms with van der Waals surface area (Å²) >= 11 is 0. The Bertz CT molecular complexity index is 791. The summed E-state index contributed by atoms with van der Waals surface area (Å²) in [4.78, 5) is 13.7. The molecule has 0 unspecified atom stereocenters. The number of hydrogen-bond acceptors (Lipinski definition) is 5. The van der Waals surface area contributed by atoms with Crippen LogP contribution in [0.4, 0.5) is 4.79 Å². The van der Waals surface area contributed by atoms with Crippen molar-refractivity contribution in [2.24, 2.45) is 0 Å². The molecule has 0 saturated carbocycles. The van der Waals surface area contributed by atoms with E-state index in [-0.39, 0.29) is 18.3 Å². The predicted octanol–water partition coefficient (Wildman–Crippen LogP) is 2.33. The molecule has 0 N–H and O–H groups in total. The zero-order valence-corrected chi connectivity index (χ0v) is 16.4. The Morgan fingerprint density at radius 1 is 1.27 bits per heavy atom. The van der Waals surface area contributed by atoms with E-state index in [0.717, 1.165) is 0 Å². The van der Waals surface area contributed by atoms with Crippen molar-refractivity contribution in [1.82, 2.24) is 9.21 Å². The van der Waals surface area contributed by atoms with Crippen LogP contribution in [0, 0.1) is 11.3 Å². The van der Waals surface area contributed by atoms with Gasteiger partial charge in [-0.15, -0.1) is 0 Å². The second-order valence-electron chi connectivity index (χ2n) is 7.45. The molecule has 1 fully saturated rings. The van der Waals surface area contributed by atoms with Gasteiger partial charge in [-0.05, 0) is 45.4 Å². The molecule has 1 atom stereocenters. The number of nitriles is 1. The minimum atomic E-state index is -3.52. The van der Waals surface area contributed by atoms with E-state index in [0.29, 0.717) is 24.2 Å². The van der Waals surface area contributed by atoms with Crippen molar-refractivity contribution in [3.8, 4) is 6.07 Å². The molecule has 0 aliphatic carbocycles. The van der Waals surface area contributed by atoms with E-state index >= 15 is 0 Å². The highest BCUT2D eigenvalue weighted by molar-refractivity contribution is 7.88. The third kappa shape index (κ3) is 5.19. The van der Waals surface area contributed by atoms with Crippen molar-refractivity contribution < 1.29 is 17.9 Å². The molecule has 7 nitrogen and oxygen atoms in total. The lowest BCUT2D eigenvalue weighted by molar-refractivity contribution is 0.0143. The molecular formula is C18H25N3O4S. The zero-order valence-electron chi connectivity index (χ0n) is 15.6. The monoisotopic (exact) mass is 379 g/mol. The van der Waals surface area contributed by atoms with Crippen LogP contribution in [0.15, 0.2) is 24.3 Å². The summed E-state index contributed by atoms with van der Waals surface area (Å²) in [5, 5.41) is 8.82. The molecule has 8 heteroatoms. The number of carbonyl (C=O) groups is 1. The number of ether oxygens (including phenoxy) is 1. The normalized spacial score (nSPS) is 19.0. The van der Waals surface area contributed by atoms with Crippen LogP contribution in [-0.4, -0.2) is 55.0 Å². The minimum Gasteiger partial charge on any atom is -0.444 e. The fourth-order valence-electron chi connectivity index (χ4n) is 2.82. The van der Waals surface area contributed by atoms with E-state index in [4.69, 9.17) is 10.00 Å². The van der Waals surface area contributed by atoms with E-state index < -0.39 is 21.7 Å². The second kappa shape index (κ2) is 7.64. The Labute approximate surface area is 155 Å². The Hall–Kier alpha value is -2.11. The SMILES string of the molecule is C[C@H]1CN(C(=O)OC(C)(C)C)CCN1S(=O)(=O)Cc1ccc(C#N)cc1. The smallest absolute Gasteiger partial charge is 0.410 e. The molecule has 0 bridgehead atoms. The predicted molar refractivity (Wildman–Crippen MR) is 97.8 cm³/mol. The van der Waals surface area contributed by atoms with Gasteiger partial charge in [-0.25, -0.2) is 13.2 Å². The summed E-state index contributed by atoms with van der Waals surface area (Å²) < 4.78 is 32.3. The van der Waals surface area contributed by atoms with Crippen molar-refractivity contribution in [2.75, 3.05) is 19.6 Å². The Morgan fingerprint density at radius 2 is 1.88 bits per heavy atom. The number of piperazine rings is 1. The largest absolute Gasteiger partial charge is 0.444 e. The summed E-state index contributed by atoms with van der Waals surface area (Å²) in [5.41, 5.74) is 0.537. The molecule has 2 rings (SSSR count). The third-order valence-electron chi connectivity index (χ3n) is 4.01. The van der Waals surface area contributed by atoms with E-state index in [1.807, 2.05) is 6.07 Å². The van der Waals surface area contributed by atoms with Crippen LogP contribution in [-0.2, 0) is 20.5 Å². The lowest BCUT2D eigenvalue weighted by Gasteiger charge is -2.39. The van der Waals surface area contributed by atoms with Gasteiger partial charge in [0.2, 0.25) is 10.0 Å². The van der Waals surface area contributed by atoms with Crippen molar-refractivity contribution in [3.05, 3.63) is 35.4 Å². The third-order valence-corrected chi connectivity index (χ3v) is 5.96. The molecule has 1 heterocycles. The molecule has 1 amide bonds. The van der Waals surface area contributed by atoms with Gasteiger partial charge in [0.1, 0.15) is 5.60 Å². The van der Waals surface area contributed by atoms with Gasteiger partial charge in [-0.2, -0.15) is 9.57 Å². The van der Waals surface area contributed by atoms with Crippen molar-refractivity contribution in [1.29, 1.82) is 5.26 Å². The van der Waals surface area contributed by atoms with Gasteiger partial charge < -0.3 is 9.64 Å². The maximum Gasteiger partial charge on any atom is 0.410 e. The molecular weight excluding hydrogens is 354 g/mol. The summed E-state index contributed by atoms with van der Waals surface area (Å²) in [6.07, 6.45) is -0.423. The summed E-state index contributed by atoms with van der Waals surface area (Å²) in [6, 6.07) is 8.19. The highest BCUT2D eigenvalue weighted by atomic mass is 32.2. The van der Waals surface area contributed by atoms with Gasteiger partial charge in [-0.1, -0.05) is 12.1 Å². The van der Waals surface area contributed by atoms with Gasteiger partial charge in [-0.3, -0.25) is 0 Å². The number of hydrogen-bond donors (Lipinski definition) is 0. The average molecular weight is 379 g/mol. The number of nitrogens with zero attached hydrogens (tertiary/aromatic N) is 3. The maximum atomic E-state index is 12.8. The van der Waals surface area contributed by atoms with Gasteiger partial charge in [0, 0.05) is 25.7 Å². The van der Waals surface area contributed by atoms with Crippen LogP contribution >= 0.6 is 0 Å². The topological polar surface area (TPSA) is 90.7 Å². The molecule has 1 aliphatic rings. The molecule has 0 radical (unpaired) electrons. The van der Waals surface area contributed by atoms with E-state index in [1.54, 1.807) is 56.9 Å². The van der Waals surface area contributed by atoms with Crippen LogP contribution in [0.25, 0.3) is 0 Å². The fraction of sp³-hybridized carbons (Fsp3) is 0.556. The van der Waals surface area contributed by atoms with Gasteiger partial charge in [0.05, 0.1) is 17.4 Å². The highest BCUT2D eigenvalue weighted by Crippen LogP contribution is 2.20. The van der Waals surface area contributed by atoms with Crippen molar-refractivity contribution in [3.63, 3.8) is 0 Å². The first-order chi connectivity index (χ1) is 12.0. The van der Waals surface area contributed by atoms with Gasteiger partial charge in [0.15, 0.2) is 0 Å². The van der Waals surface area contributed by atoms with Crippen LogP contribution in [0.2, 0.25) is 0 Å². The van der Waals surface area contributed by atoms with Gasteiger partial charge in [0.25, 0.3) is 0 Å². The number of benzene rings is 1. The quantitative estimate of drug-likeness (QED) is 0.804. The first-order valence-electron chi connectivity index (χ1n) is 8.48. The molecule has 1 aromatic carbocycles. The maximum absolute atomic E-state index is 12.8. The Kier molecular flexibility index (Phi) is 5.94. The summed E-state index contributed by atoms with van der Waals surface area (Å²) in [6.45, 7) is 8.01. The summed E-state index contributed by atoms with van der Waals surface area (Å²) in [7, 11) is -3.52. The lowest BCUT2D eigenvalue weighted by Crippen LogP contribution is -2.56. The molecule has 142 valence electrons.